The van der Waals surface area contributed by atoms with Crippen LogP contribution in [-0.4, -0.2) is 21.6 Å². The third-order valence-electron chi connectivity index (χ3n) is 4.40. The Balaban J connectivity index is 1.67. The number of nitrogens with one attached hydrogen (secondary N) is 2. The van der Waals surface area contributed by atoms with Crippen LogP contribution in [-0.2, 0) is 11.8 Å². The van der Waals surface area contributed by atoms with Crippen molar-refractivity contribution in [2.75, 3.05) is 10.6 Å². The third kappa shape index (κ3) is 3.64. The van der Waals surface area contributed by atoms with Crippen LogP contribution >= 0.6 is 0 Å². The van der Waals surface area contributed by atoms with Crippen molar-refractivity contribution >= 4 is 23.3 Å². The van der Waals surface area contributed by atoms with E-state index in [2.05, 4.69) is 15.7 Å². The van der Waals surface area contributed by atoms with Crippen LogP contribution < -0.4 is 10.6 Å². The number of benzene rings is 1. The monoisotopic (exact) mass is 326 g/mol. The summed E-state index contributed by atoms with van der Waals surface area (Å²) >= 11 is 0. The minimum Gasteiger partial charge on any atom is -0.321 e. The average Bonchev–Trinajstić information content (AvgIpc) is 3.20. The zero-order chi connectivity index (χ0) is 17.1. The Morgan fingerprint density at radius 3 is 2.46 bits per heavy atom. The molecule has 1 aliphatic carbocycles. The van der Waals surface area contributed by atoms with E-state index in [0.29, 0.717) is 11.5 Å². The van der Waals surface area contributed by atoms with Gasteiger partial charge in [0, 0.05) is 24.7 Å². The van der Waals surface area contributed by atoms with Crippen molar-refractivity contribution in [1.82, 2.24) is 9.78 Å². The van der Waals surface area contributed by atoms with Gasteiger partial charge in [0.1, 0.15) is 5.82 Å². The lowest BCUT2D eigenvalue weighted by atomic mass is 10.1. The van der Waals surface area contributed by atoms with Gasteiger partial charge in [0.2, 0.25) is 5.91 Å². The summed E-state index contributed by atoms with van der Waals surface area (Å²) in [4.78, 5) is 24.5. The average molecular weight is 326 g/mol. The largest absolute Gasteiger partial charge is 0.321 e. The van der Waals surface area contributed by atoms with E-state index in [1.54, 1.807) is 13.1 Å². The highest BCUT2D eigenvalue weighted by atomic mass is 16.2. The minimum absolute atomic E-state index is 0.0148. The molecule has 0 atom stereocenters. The number of carbonyl (C=O) groups excluding carboxylic acids is 2. The number of amides is 2. The van der Waals surface area contributed by atoms with Gasteiger partial charge >= 0.3 is 0 Å². The first-order valence-corrected chi connectivity index (χ1v) is 8.26. The van der Waals surface area contributed by atoms with E-state index < -0.39 is 0 Å². The van der Waals surface area contributed by atoms with Crippen molar-refractivity contribution in [2.45, 2.75) is 32.6 Å². The molecular weight excluding hydrogens is 304 g/mol. The summed E-state index contributed by atoms with van der Waals surface area (Å²) in [6.45, 7) is 1.99. The Morgan fingerprint density at radius 1 is 1.12 bits per heavy atom. The number of aromatic nitrogens is 2. The van der Waals surface area contributed by atoms with Crippen molar-refractivity contribution in [3.63, 3.8) is 0 Å². The van der Waals surface area contributed by atoms with Crippen LogP contribution in [0.25, 0.3) is 0 Å². The smallest absolute Gasteiger partial charge is 0.276 e. The molecule has 3 rings (SSSR count). The van der Waals surface area contributed by atoms with Crippen molar-refractivity contribution in [2.24, 2.45) is 13.0 Å². The van der Waals surface area contributed by atoms with Gasteiger partial charge in [-0.2, -0.15) is 5.10 Å². The van der Waals surface area contributed by atoms with Crippen LogP contribution in [0.5, 0.6) is 0 Å². The normalized spacial score (nSPS) is 14.6. The summed E-state index contributed by atoms with van der Waals surface area (Å²) in [6.07, 6.45) is 4.08. The maximum Gasteiger partial charge on any atom is 0.276 e. The van der Waals surface area contributed by atoms with Gasteiger partial charge in [0.25, 0.3) is 5.91 Å². The van der Waals surface area contributed by atoms with Gasteiger partial charge in [0.05, 0.1) is 0 Å². The summed E-state index contributed by atoms with van der Waals surface area (Å²) in [7, 11) is 1.72. The Kier molecular flexibility index (Phi) is 4.64. The molecule has 0 spiro atoms. The van der Waals surface area contributed by atoms with E-state index >= 15 is 0 Å². The third-order valence-corrected chi connectivity index (χ3v) is 4.40. The van der Waals surface area contributed by atoms with Crippen LogP contribution in [0.1, 0.15) is 41.7 Å². The quantitative estimate of drug-likeness (QED) is 0.906. The summed E-state index contributed by atoms with van der Waals surface area (Å²) in [5, 5.41) is 9.88. The highest BCUT2D eigenvalue weighted by molar-refractivity contribution is 6.04. The topological polar surface area (TPSA) is 76.0 Å². The molecule has 1 heterocycles. The Labute approximate surface area is 141 Å². The fraction of sp³-hybridized carbons (Fsp3) is 0.389. The van der Waals surface area contributed by atoms with Gasteiger partial charge in [0.15, 0.2) is 5.69 Å². The predicted molar refractivity (Wildman–Crippen MR) is 92.9 cm³/mol. The maximum absolute atomic E-state index is 12.3. The second-order valence-corrected chi connectivity index (χ2v) is 6.33. The fourth-order valence-corrected chi connectivity index (χ4v) is 2.94. The van der Waals surface area contributed by atoms with Gasteiger partial charge in [-0.15, -0.1) is 0 Å². The van der Waals surface area contributed by atoms with Crippen LogP contribution in [0.2, 0.25) is 0 Å². The van der Waals surface area contributed by atoms with E-state index in [1.807, 2.05) is 31.2 Å². The molecule has 2 amide bonds. The molecule has 2 N–H and O–H groups in total. The van der Waals surface area contributed by atoms with Crippen LogP contribution in [0, 0.1) is 12.8 Å². The number of hydrogen-bond donors (Lipinski definition) is 2. The van der Waals surface area contributed by atoms with E-state index in [4.69, 9.17) is 0 Å². The fourth-order valence-electron chi connectivity index (χ4n) is 2.94. The molecule has 6 nitrogen and oxygen atoms in total. The SMILES string of the molecule is Cc1ccc(NC(=O)c2cc(NC(=O)C3CCCC3)n(C)n2)cc1. The summed E-state index contributed by atoms with van der Waals surface area (Å²) < 4.78 is 1.52. The highest BCUT2D eigenvalue weighted by Gasteiger charge is 2.24. The number of carbonyl (C=O) groups is 2. The van der Waals surface area contributed by atoms with E-state index in [9.17, 15) is 9.59 Å². The molecule has 0 bridgehead atoms. The molecule has 1 fully saturated rings. The molecule has 0 radical (unpaired) electrons. The maximum atomic E-state index is 12.3. The zero-order valence-electron chi connectivity index (χ0n) is 14.0. The van der Waals surface area contributed by atoms with Crippen LogP contribution in [0.3, 0.4) is 0 Å². The molecule has 0 aliphatic heterocycles. The molecule has 0 unspecified atom stereocenters. The lowest BCUT2D eigenvalue weighted by Crippen LogP contribution is -2.21. The minimum atomic E-state index is -0.296. The second kappa shape index (κ2) is 6.86. The van der Waals surface area contributed by atoms with Crippen LogP contribution in [0.4, 0.5) is 11.5 Å². The number of hydrogen-bond acceptors (Lipinski definition) is 3. The van der Waals surface area contributed by atoms with E-state index in [-0.39, 0.29) is 23.4 Å². The number of anilines is 2. The molecular formula is C18H22N4O2. The number of rotatable bonds is 4. The molecule has 0 saturated heterocycles. The molecule has 6 heteroatoms. The summed E-state index contributed by atoms with van der Waals surface area (Å²) in [5.74, 6) is 0.336. The Morgan fingerprint density at radius 2 is 1.79 bits per heavy atom. The lowest BCUT2D eigenvalue weighted by Gasteiger charge is -2.09. The Bertz CT molecular complexity index is 743. The molecule has 1 aromatic heterocycles. The van der Waals surface area contributed by atoms with Gasteiger partial charge in [-0.3, -0.25) is 14.3 Å². The van der Waals surface area contributed by atoms with Gasteiger partial charge in [-0.05, 0) is 31.9 Å². The van der Waals surface area contributed by atoms with Crippen molar-refractivity contribution in [3.8, 4) is 0 Å². The van der Waals surface area contributed by atoms with Crippen molar-refractivity contribution in [1.29, 1.82) is 0 Å². The van der Waals surface area contributed by atoms with Gasteiger partial charge in [-0.1, -0.05) is 30.5 Å². The molecule has 2 aromatic rings. The molecule has 1 saturated carbocycles. The summed E-state index contributed by atoms with van der Waals surface area (Å²) in [5.41, 5.74) is 2.12. The molecule has 1 aromatic carbocycles. The summed E-state index contributed by atoms with van der Waals surface area (Å²) in [6, 6.07) is 9.16. The predicted octanol–water partition coefficient (Wildman–Crippen LogP) is 3.11. The molecule has 126 valence electrons. The molecule has 24 heavy (non-hydrogen) atoms. The lowest BCUT2D eigenvalue weighted by molar-refractivity contribution is -0.119. The second-order valence-electron chi connectivity index (χ2n) is 6.33. The van der Waals surface area contributed by atoms with Gasteiger partial charge < -0.3 is 10.6 Å². The molecule has 1 aliphatic rings. The first kappa shape index (κ1) is 16.2. The number of aryl methyl sites for hydroxylation is 2. The standard InChI is InChI=1S/C18H22N4O2/c1-12-7-9-14(10-8-12)19-18(24)15-11-16(22(2)21-15)20-17(23)13-5-3-4-6-13/h7-11,13H,3-6H2,1-2H3,(H,19,24)(H,20,23). The first-order valence-electron chi connectivity index (χ1n) is 8.26. The Hall–Kier alpha value is -2.63. The van der Waals surface area contributed by atoms with Crippen LogP contribution in [0.15, 0.2) is 30.3 Å². The highest BCUT2D eigenvalue weighted by Crippen LogP contribution is 2.26. The number of nitrogens with zero attached hydrogens (tertiary/aromatic N) is 2. The van der Waals surface area contributed by atoms with Crippen molar-refractivity contribution < 1.29 is 9.59 Å². The zero-order valence-corrected chi connectivity index (χ0v) is 14.0. The van der Waals surface area contributed by atoms with Crippen molar-refractivity contribution in [3.05, 3.63) is 41.6 Å². The van der Waals surface area contributed by atoms with Gasteiger partial charge in [-0.25, -0.2) is 0 Å². The first-order chi connectivity index (χ1) is 11.5. The van der Waals surface area contributed by atoms with E-state index in [0.717, 1.165) is 31.2 Å². The van der Waals surface area contributed by atoms with E-state index in [1.165, 1.54) is 4.68 Å².